The number of carbonyl (C=O) groups excluding carboxylic acids is 2. The van der Waals surface area contributed by atoms with E-state index in [0.717, 1.165) is 31.4 Å². The summed E-state index contributed by atoms with van der Waals surface area (Å²) in [5.41, 5.74) is 0.301. The number of Topliss-reactive ketones (excluding diaryl/α,β-unsaturated/α-hetero) is 2. The van der Waals surface area contributed by atoms with E-state index in [-0.39, 0.29) is 22.5 Å². The Hall–Kier alpha value is -3.00. The zero-order valence-electron chi connectivity index (χ0n) is 15.5. The SMILES string of the molecule is O=C1C(N2CCCCC2)=C(S(=O)(=O)Nc2ccc(F)cc2)C(=O)c2ccccc21. The smallest absolute Gasteiger partial charge is 0.268 e. The van der Waals surface area contributed by atoms with Gasteiger partial charge in [0.25, 0.3) is 10.0 Å². The summed E-state index contributed by atoms with van der Waals surface area (Å²) in [6.07, 6.45) is 2.61. The van der Waals surface area contributed by atoms with E-state index in [0.29, 0.717) is 13.1 Å². The van der Waals surface area contributed by atoms with Crippen molar-refractivity contribution in [3.05, 3.63) is 76.1 Å². The molecule has 0 amide bonds. The summed E-state index contributed by atoms with van der Waals surface area (Å²) >= 11 is 0. The normalized spacial score (nSPS) is 17.3. The number of allylic oxidation sites excluding steroid dienone is 2. The van der Waals surface area contributed by atoms with Crippen LogP contribution in [0, 0.1) is 5.82 Å². The summed E-state index contributed by atoms with van der Waals surface area (Å²) in [6, 6.07) is 11.0. The number of nitrogens with one attached hydrogen (secondary N) is 1. The first-order valence-electron chi connectivity index (χ1n) is 9.34. The molecular weight excluding hydrogens is 395 g/mol. The van der Waals surface area contributed by atoms with Crippen LogP contribution >= 0.6 is 0 Å². The van der Waals surface area contributed by atoms with Crippen molar-refractivity contribution >= 4 is 27.3 Å². The Bertz CT molecular complexity index is 1120. The Morgan fingerprint density at radius 2 is 1.41 bits per heavy atom. The number of benzene rings is 2. The molecule has 0 saturated carbocycles. The van der Waals surface area contributed by atoms with Crippen LogP contribution in [0.4, 0.5) is 10.1 Å². The van der Waals surface area contributed by atoms with Crippen LogP contribution in [0.2, 0.25) is 0 Å². The van der Waals surface area contributed by atoms with Gasteiger partial charge in [0.05, 0.1) is 0 Å². The summed E-state index contributed by atoms with van der Waals surface area (Å²) < 4.78 is 41.9. The number of piperidine rings is 1. The van der Waals surface area contributed by atoms with Crippen molar-refractivity contribution in [2.45, 2.75) is 19.3 Å². The molecule has 4 rings (SSSR count). The molecule has 1 heterocycles. The fourth-order valence-electron chi connectivity index (χ4n) is 3.72. The molecule has 1 N–H and O–H groups in total. The van der Waals surface area contributed by atoms with Crippen molar-refractivity contribution in [2.24, 2.45) is 0 Å². The van der Waals surface area contributed by atoms with E-state index < -0.39 is 32.3 Å². The number of halogens is 1. The maximum Gasteiger partial charge on any atom is 0.268 e. The number of fused-ring (bicyclic) bond motifs is 1. The molecule has 8 heteroatoms. The molecule has 1 aliphatic heterocycles. The zero-order chi connectivity index (χ0) is 20.6. The highest BCUT2D eigenvalue weighted by Gasteiger charge is 2.41. The first-order chi connectivity index (χ1) is 13.9. The minimum atomic E-state index is -4.38. The summed E-state index contributed by atoms with van der Waals surface area (Å²) in [7, 11) is -4.38. The molecule has 0 bridgehead atoms. The van der Waals surface area contributed by atoms with Crippen LogP contribution < -0.4 is 4.72 Å². The minimum absolute atomic E-state index is 0.0674. The van der Waals surface area contributed by atoms with Crippen molar-refractivity contribution in [1.29, 1.82) is 0 Å². The van der Waals surface area contributed by atoms with Crippen molar-refractivity contribution in [3.8, 4) is 0 Å². The van der Waals surface area contributed by atoms with Gasteiger partial charge in [0.1, 0.15) is 11.5 Å². The van der Waals surface area contributed by atoms with Gasteiger partial charge in [-0.05, 0) is 43.5 Å². The molecule has 1 saturated heterocycles. The van der Waals surface area contributed by atoms with Gasteiger partial charge < -0.3 is 4.90 Å². The predicted octanol–water partition coefficient (Wildman–Crippen LogP) is 3.34. The Kier molecular flexibility index (Phi) is 4.96. The predicted molar refractivity (Wildman–Crippen MR) is 106 cm³/mol. The van der Waals surface area contributed by atoms with Crippen molar-refractivity contribution < 1.29 is 22.4 Å². The molecular formula is C21H19FN2O4S. The van der Waals surface area contributed by atoms with Gasteiger partial charge in [-0.1, -0.05) is 24.3 Å². The average molecular weight is 414 g/mol. The number of nitrogens with zero attached hydrogens (tertiary/aromatic N) is 1. The van der Waals surface area contributed by atoms with Crippen LogP contribution in [-0.2, 0) is 10.0 Å². The summed E-state index contributed by atoms with van der Waals surface area (Å²) in [5.74, 6) is -1.70. The molecule has 2 aliphatic rings. The quantitative estimate of drug-likeness (QED) is 0.830. The number of ketones is 2. The third kappa shape index (κ3) is 3.55. The van der Waals surface area contributed by atoms with Gasteiger partial charge in [0.2, 0.25) is 11.6 Å². The van der Waals surface area contributed by atoms with E-state index in [9.17, 15) is 22.4 Å². The number of anilines is 1. The molecule has 0 atom stereocenters. The molecule has 0 spiro atoms. The number of carbonyl (C=O) groups is 2. The number of hydrogen-bond donors (Lipinski definition) is 1. The molecule has 0 radical (unpaired) electrons. The molecule has 1 fully saturated rings. The van der Waals surface area contributed by atoms with Gasteiger partial charge in [-0.15, -0.1) is 0 Å². The first-order valence-corrected chi connectivity index (χ1v) is 10.8. The fraction of sp³-hybridized carbons (Fsp3) is 0.238. The largest absolute Gasteiger partial charge is 0.367 e. The molecule has 2 aromatic rings. The van der Waals surface area contributed by atoms with Gasteiger partial charge >= 0.3 is 0 Å². The standard InChI is InChI=1S/C21H19FN2O4S/c22-14-8-10-15(11-9-14)23-29(27,28)21-18(24-12-4-1-5-13-24)19(25)16-6-2-3-7-17(16)20(21)26/h2-3,6-11,23H,1,4-5,12-13H2. The molecule has 6 nitrogen and oxygen atoms in total. The Labute approximate surface area is 168 Å². The van der Waals surface area contributed by atoms with E-state index >= 15 is 0 Å². The maximum absolute atomic E-state index is 13.2. The third-order valence-electron chi connectivity index (χ3n) is 5.09. The van der Waals surface area contributed by atoms with Crippen LogP contribution in [0.5, 0.6) is 0 Å². The second-order valence-electron chi connectivity index (χ2n) is 7.04. The topological polar surface area (TPSA) is 83.6 Å². The second-order valence-corrected chi connectivity index (χ2v) is 8.66. The van der Waals surface area contributed by atoms with E-state index in [1.54, 1.807) is 17.0 Å². The van der Waals surface area contributed by atoms with Gasteiger partial charge in [0.15, 0.2) is 4.91 Å². The number of hydrogen-bond acceptors (Lipinski definition) is 5. The molecule has 150 valence electrons. The van der Waals surface area contributed by atoms with E-state index in [1.807, 2.05) is 0 Å². The van der Waals surface area contributed by atoms with E-state index in [4.69, 9.17) is 0 Å². The molecule has 29 heavy (non-hydrogen) atoms. The third-order valence-corrected chi connectivity index (χ3v) is 6.51. The molecule has 1 aliphatic carbocycles. The monoisotopic (exact) mass is 414 g/mol. The van der Waals surface area contributed by atoms with Crippen LogP contribution in [0.25, 0.3) is 0 Å². The zero-order valence-corrected chi connectivity index (χ0v) is 16.3. The molecule has 2 aromatic carbocycles. The highest BCUT2D eigenvalue weighted by Crippen LogP contribution is 2.33. The number of sulfonamides is 1. The van der Waals surface area contributed by atoms with Crippen LogP contribution in [0.15, 0.2) is 59.1 Å². The van der Waals surface area contributed by atoms with Crippen LogP contribution in [0.1, 0.15) is 40.0 Å². The van der Waals surface area contributed by atoms with Gasteiger partial charge in [0, 0.05) is 29.9 Å². The number of rotatable bonds is 4. The highest BCUT2D eigenvalue weighted by atomic mass is 32.2. The Morgan fingerprint density at radius 3 is 2.03 bits per heavy atom. The summed E-state index contributed by atoms with van der Waals surface area (Å²) in [6.45, 7) is 1.01. The fourth-order valence-corrected chi connectivity index (χ4v) is 5.10. The van der Waals surface area contributed by atoms with Gasteiger partial charge in [-0.25, -0.2) is 12.8 Å². The van der Waals surface area contributed by atoms with Gasteiger partial charge in [-0.3, -0.25) is 14.3 Å². The first kappa shape index (κ1) is 19.3. The maximum atomic E-state index is 13.2. The summed E-state index contributed by atoms with van der Waals surface area (Å²) in [4.78, 5) is 27.6. The van der Waals surface area contributed by atoms with Gasteiger partial charge in [-0.2, -0.15) is 0 Å². The lowest BCUT2D eigenvalue weighted by molar-refractivity contribution is 0.0939. The lowest BCUT2D eigenvalue weighted by atomic mass is 9.91. The minimum Gasteiger partial charge on any atom is -0.367 e. The molecule has 0 unspecified atom stereocenters. The highest BCUT2D eigenvalue weighted by molar-refractivity contribution is 7.97. The van der Waals surface area contributed by atoms with Crippen LogP contribution in [0.3, 0.4) is 0 Å². The average Bonchev–Trinajstić information content (AvgIpc) is 2.72. The number of likely N-dealkylation sites (tertiary alicyclic amines) is 1. The molecule has 0 aromatic heterocycles. The van der Waals surface area contributed by atoms with E-state index in [1.165, 1.54) is 24.3 Å². The lowest BCUT2D eigenvalue weighted by Crippen LogP contribution is -2.40. The van der Waals surface area contributed by atoms with Crippen molar-refractivity contribution in [2.75, 3.05) is 17.8 Å². The van der Waals surface area contributed by atoms with Crippen LogP contribution in [-0.4, -0.2) is 38.0 Å². The second kappa shape index (κ2) is 7.44. The lowest BCUT2D eigenvalue weighted by Gasteiger charge is -2.33. The Morgan fingerprint density at radius 1 is 0.828 bits per heavy atom. The Balaban J connectivity index is 1.85. The van der Waals surface area contributed by atoms with E-state index in [2.05, 4.69) is 4.72 Å². The van der Waals surface area contributed by atoms with Crippen molar-refractivity contribution in [1.82, 2.24) is 4.90 Å². The summed E-state index contributed by atoms with van der Waals surface area (Å²) in [5, 5.41) is 0. The van der Waals surface area contributed by atoms with Crippen molar-refractivity contribution in [3.63, 3.8) is 0 Å².